The van der Waals surface area contributed by atoms with E-state index in [0.717, 1.165) is 23.2 Å². The van der Waals surface area contributed by atoms with Crippen LogP contribution in [0.25, 0.3) is 0 Å². The summed E-state index contributed by atoms with van der Waals surface area (Å²) in [7, 11) is 0. The first kappa shape index (κ1) is 8.74. The zero-order valence-electron chi connectivity index (χ0n) is 7.74. The summed E-state index contributed by atoms with van der Waals surface area (Å²) in [5.41, 5.74) is 2.57. The van der Waals surface area contributed by atoms with Gasteiger partial charge in [0.2, 0.25) is 0 Å². The number of nitrogens with zero attached hydrogens (tertiary/aromatic N) is 1. The minimum atomic E-state index is -0.344. The number of anilines is 1. The normalized spacial score (nSPS) is 16.9. The number of carbonyl (C=O) groups is 1. The molecule has 0 radical (unpaired) electrons. The average molecular weight is 190 g/mol. The fraction of sp³-hybridized carbons (Fsp3) is 0.200. The highest BCUT2D eigenvalue weighted by atomic mass is 16.4. The second-order valence-corrected chi connectivity index (χ2v) is 3.10. The number of carbonyl (C=O) groups excluding carboxylic acids is 1. The van der Waals surface area contributed by atoms with Gasteiger partial charge in [0.1, 0.15) is 0 Å². The van der Waals surface area contributed by atoms with Gasteiger partial charge in [0.15, 0.2) is 5.71 Å². The lowest BCUT2D eigenvalue weighted by Crippen LogP contribution is -2.14. The summed E-state index contributed by atoms with van der Waals surface area (Å²) >= 11 is 0. The van der Waals surface area contributed by atoms with Crippen LogP contribution in [0.3, 0.4) is 0 Å². The van der Waals surface area contributed by atoms with Crippen molar-refractivity contribution in [2.75, 3.05) is 5.32 Å². The topological polar surface area (TPSA) is 61.7 Å². The Hall–Kier alpha value is -1.84. The summed E-state index contributed by atoms with van der Waals surface area (Å²) in [5.74, 6) is -0.344. The van der Waals surface area contributed by atoms with Crippen LogP contribution in [0.1, 0.15) is 18.1 Å². The van der Waals surface area contributed by atoms with E-state index in [2.05, 4.69) is 10.5 Å². The first-order chi connectivity index (χ1) is 6.77. The lowest BCUT2D eigenvalue weighted by molar-refractivity contribution is -0.110. The third-order valence-corrected chi connectivity index (χ3v) is 2.33. The summed E-state index contributed by atoms with van der Waals surface area (Å²) in [6, 6.07) is 5.59. The van der Waals surface area contributed by atoms with Crippen molar-refractivity contribution in [3.05, 3.63) is 29.3 Å². The zero-order valence-corrected chi connectivity index (χ0v) is 7.74. The second kappa shape index (κ2) is 3.14. The van der Waals surface area contributed by atoms with Gasteiger partial charge in [-0.25, -0.2) is 0 Å². The highest BCUT2D eigenvalue weighted by Gasteiger charge is 2.28. The van der Waals surface area contributed by atoms with Gasteiger partial charge < -0.3 is 10.5 Å². The molecule has 0 spiro atoms. The smallest absolute Gasteiger partial charge is 0.278 e. The van der Waals surface area contributed by atoms with Crippen molar-refractivity contribution in [2.24, 2.45) is 5.16 Å². The number of hydrogen-bond acceptors (Lipinski definition) is 3. The second-order valence-electron chi connectivity index (χ2n) is 3.10. The predicted octanol–water partition coefficient (Wildman–Crippen LogP) is 1.38. The van der Waals surface area contributed by atoms with Crippen LogP contribution in [0.5, 0.6) is 0 Å². The van der Waals surface area contributed by atoms with E-state index in [-0.39, 0.29) is 11.6 Å². The Morgan fingerprint density at radius 3 is 2.93 bits per heavy atom. The standard InChI is InChI=1S/C10H10N2O2/c1-2-6-4-3-5-7-8(6)9(12-14)10(13)11-7/h3-5,14H,2H2,1H3,(H,11,12,13). The van der Waals surface area contributed by atoms with E-state index in [1.165, 1.54) is 0 Å². The molecule has 1 heterocycles. The first-order valence-corrected chi connectivity index (χ1v) is 4.43. The van der Waals surface area contributed by atoms with E-state index in [4.69, 9.17) is 5.21 Å². The molecular weight excluding hydrogens is 180 g/mol. The van der Waals surface area contributed by atoms with Gasteiger partial charge in [0.25, 0.3) is 5.91 Å². The Kier molecular flexibility index (Phi) is 1.96. The lowest BCUT2D eigenvalue weighted by Gasteiger charge is -2.02. The molecule has 0 saturated carbocycles. The summed E-state index contributed by atoms with van der Waals surface area (Å²) in [6.07, 6.45) is 0.803. The maximum atomic E-state index is 11.3. The largest absolute Gasteiger partial charge is 0.410 e. The molecule has 1 aliphatic rings. The third kappa shape index (κ3) is 1.08. The third-order valence-electron chi connectivity index (χ3n) is 2.33. The molecule has 0 unspecified atom stereocenters. The zero-order chi connectivity index (χ0) is 10.1. The van der Waals surface area contributed by atoms with Crippen LogP contribution in [0.4, 0.5) is 5.69 Å². The van der Waals surface area contributed by atoms with Gasteiger partial charge >= 0.3 is 0 Å². The Bertz CT molecular complexity index is 424. The van der Waals surface area contributed by atoms with Gasteiger partial charge in [-0.3, -0.25) is 4.79 Å². The Balaban J connectivity index is 2.66. The van der Waals surface area contributed by atoms with Crippen LogP contribution in [-0.4, -0.2) is 16.8 Å². The highest BCUT2D eigenvalue weighted by molar-refractivity contribution is 6.54. The van der Waals surface area contributed by atoms with Gasteiger partial charge in [-0.05, 0) is 18.1 Å². The van der Waals surface area contributed by atoms with Crippen LogP contribution in [0.15, 0.2) is 23.4 Å². The van der Waals surface area contributed by atoms with E-state index >= 15 is 0 Å². The minimum absolute atomic E-state index is 0.109. The molecular formula is C10H10N2O2. The molecule has 0 bridgehead atoms. The molecule has 1 aromatic rings. The fourth-order valence-corrected chi connectivity index (χ4v) is 1.67. The molecule has 0 aromatic heterocycles. The molecule has 4 nitrogen and oxygen atoms in total. The molecule has 2 N–H and O–H groups in total. The van der Waals surface area contributed by atoms with Crippen molar-refractivity contribution in [1.82, 2.24) is 0 Å². The number of fused-ring (bicyclic) bond motifs is 1. The predicted molar refractivity (Wildman–Crippen MR) is 52.8 cm³/mol. The lowest BCUT2D eigenvalue weighted by atomic mass is 10.0. The Labute approximate surface area is 81.2 Å². The molecule has 0 saturated heterocycles. The molecule has 0 fully saturated rings. The van der Waals surface area contributed by atoms with Gasteiger partial charge in [-0.2, -0.15) is 0 Å². The van der Waals surface area contributed by atoms with Crippen LogP contribution >= 0.6 is 0 Å². The van der Waals surface area contributed by atoms with Crippen molar-refractivity contribution in [3.8, 4) is 0 Å². The van der Waals surface area contributed by atoms with Gasteiger partial charge in [0.05, 0.1) is 5.69 Å². The molecule has 4 heteroatoms. The highest BCUT2D eigenvalue weighted by Crippen LogP contribution is 2.26. The van der Waals surface area contributed by atoms with Crippen molar-refractivity contribution in [2.45, 2.75) is 13.3 Å². The summed E-state index contributed by atoms with van der Waals surface area (Å²) in [4.78, 5) is 11.3. The van der Waals surface area contributed by atoms with Gasteiger partial charge in [-0.1, -0.05) is 24.2 Å². The van der Waals surface area contributed by atoms with Crippen molar-refractivity contribution in [3.63, 3.8) is 0 Å². The quantitative estimate of drug-likeness (QED) is 0.519. The number of hydrogen-bond donors (Lipinski definition) is 2. The number of aryl methyl sites for hydroxylation is 1. The fourth-order valence-electron chi connectivity index (χ4n) is 1.67. The van der Waals surface area contributed by atoms with Gasteiger partial charge in [-0.15, -0.1) is 0 Å². The monoisotopic (exact) mass is 190 g/mol. The van der Waals surface area contributed by atoms with Gasteiger partial charge in [0, 0.05) is 5.56 Å². The molecule has 1 aliphatic heterocycles. The number of nitrogens with one attached hydrogen (secondary N) is 1. The van der Waals surface area contributed by atoms with Crippen molar-refractivity contribution < 1.29 is 10.0 Å². The molecule has 14 heavy (non-hydrogen) atoms. The maximum absolute atomic E-state index is 11.3. The molecule has 0 atom stereocenters. The number of oxime groups is 1. The Morgan fingerprint density at radius 1 is 1.50 bits per heavy atom. The summed E-state index contributed by atoms with van der Waals surface area (Å²) in [6.45, 7) is 1.99. The van der Waals surface area contributed by atoms with E-state index in [9.17, 15) is 4.79 Å². The van der Waals surface area contributed by atoms with Crippen LogP contribution < -0.4 is 5.32 Å². The first-order valence-electron chi connectivity index (χ1n) is 4.43. The summed E-state index contributed by atoms with van der Waals surface area (Å²) < 4.78 is 0. The Morgan fingerprint density at radius 2 is 2.29 bits per heavy atom. The van der Waals surface area contributed by atoms with E-state index < -0.39 is 0 Å². The SMILES string of the molecule is CCc1cccc2c1C(=NO)C(=O)N2. The molecule has 72 valence electrons. The molecule has 2 rings (SSSR count). The average Bonchev–Trinajstić information content (AvgIpc) is 2.52. The summed E-state index contributed by atoms with van der Waals surface area (Å²) in [5, 5.41) is 14.4. The maximum Gasteiger partial charge on any atom is 0.278 e. The van der Waals surface area contributed by atoms with Crippen LogP contribution in [-0.2, 0) is 11.2 Å². The van der Waals surface area contributed by atoms with Crippen molar-refractivity contribution >= 4 is 17.3 Å². The minimum Gasteiger partial charge on any atom is -0.410 e. The number of rotatable bonds is 1. The number of amides is 1. The van der Waals surface area contributed by atoms with E-state index in [1.807, 2.05) is 19.1 Å². The van der Waals surface area contributed by atoms with Crippen LogP contribution in [0.2, 0.25) is 0 Å². The van der Waals surface area contributed by atoms with E-state index in [1.54, 1.807) is 6.07 Å². The molecule has 0 aliphatic carbocycles. The number of benzene rings is 1. The van der Waals surface area contributed by atoms with E-state index in [0.29, 0.717) is 0 Å². The molecule has 1 aromatic carbocycles. The molecule has 1 amide bonds. The van der Waals surface area contributed by atoms with Crippen molar-refractivity contribution in [1.29, 1.82) is 0 Å². The van der Waals surface area contributed by atoms with Crippen LogP contribution in [0, 0.1) is 0 Å².